The highest BCUT2D eigenvalue weighted by atomic mass is 16.3. The number of rotatable bonds is 4. The van der Waals surface area contributed by atoms with Crippen molar-refractivity contribution in [3.05, 3.63) is 23.8 Å². The lowest BCUT2D eigenvalue weighted by molar-refractivity contribution is 0.156. The maximum Gasteiger partial charge on any atom is 0.208 e. The number of hydrogen-bond acceptors (Lipinski definition) is 5. The molecule has 1 aliphatic heterocycles. The second kappa shape index (κ2) is 4.91. The average Bonchev–Trinajstić information content (AvgIpc) is 2.55. The van der Waals surface area contributed by atoms with Gasteiger partial charge in [-0.3, -0.25) is 0 Å². The molecule has 1 aromatic carbocycles. The SMILES string of the molecule is Cc1ccc2c(c1)N(CCO)C(O)N2CCO. The van der Waals surface area contributed by atoms with E-state index < -0.39 is 6.35 Å². The zero-order valence-electron chi connectivity index (χ0n) is 9.87. The van der Waals surface area contributed by atoms with E-state index in [4.69, 9.17) is 10.2 Å². The quantitative estimate of drug-likeness (QED) is 0.682. The maximum absolute atomic E-state index is 10.2. The molecule has 3 N–H and O–H groups in total. The molecule has 1 heterocycles. The van der Waals surface area contributed by atoms with Crippen molar-refractivity contribution < 1.29 is 15.3 Å². The molecule has 17 heavy (non-hydrogen) atoms. The molecule has 0 spiro atoms. The number of anilines is 2. The second-order valence-corrected chi connectivity index (χ2v) is 4.17. The minimum Gasteiger partial charge on any atom is -0.395 e. The molecule has 0 aliphatic carbocycles. The molecule has 1 atom stereocenters. The van der Waals surface area contributed by atoms with Crippen LogP contribution in [-0.2, 0) is 0 Å². The zero-order valence-corrected chi connectivity index (χ0v) is 9.87. The summed E-state index contributed by atoms with van der Waals surface area (Å²) in [7, 11) is 0. The molecular weight excluding hydrogens is 220 g/mol. The van der Waals surface area contributed by atoms with Crippen molar-refractivity contribution in [2.75, 3.05) is 36.1 Å². The van der Waals surface area contributed by atoms with Gasteiger partial charge in [0.05, 0.1) is 24.6 Å². The number of aliphatic hydroxyl groups is 3. The first-order chi connectivity index (χ1) is 8.19. The highest BCUT2D eigenvalue weighted by Gasteiger charge is 2.33. The van der Waals surface area contributed by atoms with Crippen LogP contribution in [0.4, 0.5) is 11.4 Å². The highest BCUT2D eigenvalue weighted by Crippen LogP contribution is 2.38. The predicted molar refractivity (Wildman–Crippen MR) is 66.0 cm³/mol. The van der Waals surface area contributed by atoms with Gasteiger partial charge in [0, 0.05) is 13.1 Å². The van der Waals surface area contributed by atoms with E-state index >= 15 is 0 Å². The number of aliphatic hydroxyl groups excluding tert-OH is 3. The van der Waals surface area contributed by atoms with Gasteiger partial charge in [0.1, 0.15) is 0 Å². The van der Waals surface area contributed by atoms with E-state index in [2.05, 4.69) is 0 Å². The Kier molecular flexibility index (Phi) is 3.51. The lowest BCUT2D eigenvalue weighted by Gasteiger charge is -2.27. The Labute approximate surface area is 101 Å². The Bertz CT molecular complexity index is 397. The molecule has 2 rings (SSSR count). The molecule has 5 nitrogen and oxygen atoms in total. The van der Waals surface area contributed by atoms with E-state index in [1.807, 2.05) is 25.1 Å². The molecule has 0 saturated carbocycles. The molecule has 0 radical (unpaired) electrons. The number of aryl methyl sites for hydroxylation is 1. The molecule has 94 valence electrons. The minimum atomic E-state index is -0.814. The summed E-state index contributed by atoms with van der Waals surface area (Å²) in [6, 6.07) is 5.88. The van der Waals surface area contributed by atoms with Crippen LogP contribution in [0.2, 0.25) is 0 Å². The van der Waals surface area contributed by atoms with Gasteiger partial charge in [-0.1, -0.05) is 6.07 Å². The summed E-state index contributed by atoms with van der Waals surface area (Å²) in [5.74, 6) is 0. The third kappa shape index (κ3) is 2.09. The second-order valence-electron chi connectivity index (χ2n) is 4.17. The lowest BCUT2D eigenvalue weighted by Crippen LogP contribution is -2.45. The zero-order chi connectivity index (χ0) is 12.4. The van der Waals surface area contributed by atoms with Crippen LogP contribution in [0.3, 0.4) is 0 Å². The van der Waals surface area contributed by atoms with Crippen LogP contribution in [0.15, 0.2) is 18.2 Å². The summed E-state index contributed by atoms with van der Waals surface area (Å²) < 4.78 is 0. The Hall–Kier alpha value is -1.30. The average molecular weight is 238 g/mol. The van der Waals surface area contributed by atoms with Gasteiger partial charge in [-0.05, 0) is 24.6 Å². The number of hydrogen-bond donors (Lipinski definition) is 3. The lowest BCUT2D eigenvalue weighted by atomic mass is 10.2. The van der Waals surface area contributed by atoms with Gasteiger partial charge in [-0.25, -0.2) is 0 Å². The molecule has 0 aromatic heterocycles. The molecular formula is C12H18N2O3. The molecule has 0 bridgehead atoms. The van der Waals surface area contributed by atoms with Gasteiger partial charge in [-0.15, -0.1) is 0 Å². The molecule has 1 aromatic rings. The Morgan fingerprint density at radius 1 is 1.06 bits per heavy atom. The standard InChI is InChI=1S/C12H18N2O3/c1-9-2-3-10-11(8-9)14(5-7-16)12(17)13(10)4-6-15/h2-3,8,12,15-17H,4-7H2,1H3. The summed E-state index contributed by atoms with van der Waals surface area (Å²) >= 11 is 0. The summed E-state index contributed by atoms with van der Waals surface area (Å²) in [4.78, 5) is 3.46. The van der Waals surface area contributed by atoms with Crippen LogP contribution in [0, 0.1) is 6.92 Å². The fourth-order valence-corrected chi connectivity index (χ4v) is 2.21. The van der Waals surface area contributed by atoms with Crippen molar-refractivity contribution >= 4 is 11.4 Å². The van der Waals surface area contributed by atoms with E-state index in [-0.39, 0.29) is 13.2 Å². The summed E-state index contributed by atoms with van der Waals surface area (Å²) in [6.45, 7) is 2.70. The van der Waals surface area contributed by atoms with Crippen molar-refractivity contribution in [2.24, 2.45) is 0 Å². The number of nitrogens with zero attached hydrogens (tertiary/aromatic N) is 2. The number of fused-ring (bicyclic) bond motifs is 1. The van der Waals surface area contributed by atoms with Crippen molar-refractivity contribution in [2.45, 2.75) is 13.3 Å². The van der Waals surface area contributed by atoms with Gasteiger partial charge < -0.3 is 25.1 Å². The molecule has 1 aliphatic rings. The van der Waals surface area contributed by atoms with Crippen molar-refractivity contribution in [3.63, 3.8) is 0 Å². The van der Waals surface area contributed by atoms with Gasteiger partial charge in [-0.2, -0.15) is 0 Å². The normalized spacial score (nSPS) is 18.7. The fourth-order valence-electron chi connectivity index (χ4n) is 2.21. The Morgan fingerprint density at radius 2 is 1.65 bits per heavy atom. The molecule has 1 unspecified atom stereocenters. The van der Waals surface area contributed by atoms with Gasteiger partial charge in [0.25, 0.3) is 0 Å². The van der Waals surface area contributed by atoms with Gasteiger partial charge >= 0.3 is 0 Å². The smallest absolute Gasteiger partial charge is 0.208 e. The van der Waals surface area contributed by atoms with Gasteiger partial charge in [0.2, 0.25) is 6.35 Å². The van der Waals surface area contributed by atoms with Crippen LogP contribution in [0.25, 0.3) is 0 Å². The summed E-state index contributed by atoms with van der Waals surface area (Å²) in [6.07, 6.45) is -0.814. The van der Waals surface area contributed by atoms with Crippen LogP contribution < -0.4 is 9.80 Å². The third-order valence-corrected chi connectivity index (χ3v) is 2.99. The first-order valence-corrected chi connectivity index (χ1v) is 5.72. The Morgan fingerprint density at radius 3 is 2.24 bits per heavy atom. The fraction of sp³-hybridized carbons (Fsp3) is 0.500. The van der Waals surface area contributed by atoms with Crippen LogP contribution >= 0.6 is 0 Å². The third-order valence-electron chi connectivity index (χ3n) is 2.99. The molecule has 0 amide bonds. The topological polar surface area (TPSA) is 67.2 Å². The van der Waals surface area contributed by atoms with Crippen molar-refractivity contribution in [1.29, 1.82) is 0 Å². The first kappa shape index (κ1) is 12.2. The molecule has 5 heteroatoms. The van der Waals surface area contributed by atoms with Crippen LogP contribution in [-0.4, -0.2) is 48.0 Å². The highest BCUT2D eigenvalue weighted by molar-refractivity contribution is 5.77. The maximum atomic E-state index is 10.2. The van der Waals surface area contributed by atoms with Crippen LogP contribution in [0.5, 0.6) is 0 Å². The Balaban J connectivity index is 2.38. The summed E-state index contributed by atoms with van der Waals surface area (Å²) in [5.41, 5.74) is 2.90. The first-order valence-electron chi connectivity index (χ1n) is 5.72. The van der Waals surface area contributed by atoms with Gasteiger partial charge in [0.15, 0.2) is 0 Å². The van der Waals surface area contributed by atoms with E-state index in [1.54, 1.807) is 9.80 Å². The minimum absolute atomic E-state index is 0.0165. The van der Waals surface area contributed by atoms with E-state index in [0.717, 1.165) is 16.9 Å². The summed E-state index contributed by atoms with van der Waals surface area (Å²) in [5, 5.41) is 28.2. The van der Waals surface area contributed by atoms with Crippen molar-refractivity contribution in [1.82, 2.24) is 0 Å². The van der Waals surface area contributed by atoms with E-state index in [1.165, 1.54) is 0 Å². The number of benzene rings is 1. The van der Waals surface area contributed by atoms with Crippen LogP contribution in [0.1, 0.15) is 5.56 Å². The largest absolute Gasteiger partial charge is 0.395 e. The van der Waals surface area contributed by atoms with Crippen molar-refractivity contribution in [3.8, 4) is 0 Å². The number of β-amino-alcohol motifs (C(OH)–C–C–N with tert-alkyl or cyclic N) is 2. The van der Waals surface area contributed by atoms with E-state index in [0.29, 0.717) is 13.1 Å². The molecule has 0 fully saturated rings. The molecule has 0 saturated heterocycles. The monoisotopic (exact) mass is 238 g/mol. The van der Waals surface area contributed by atoms with E-state index in [9.17, 15) is 5.11 Å². The predicted octanol–water partition coefficient (Wildman–Crippen LogP) is -0.118.